The van der Waals surface area contributed by atoms with Crippen LogP contribution in [0.1, 0.15) is 23.1 Å². The van der Waals surface area contributed by atoms with Gasteiger partial charge in [-0.05, 0) is 44.2 Å². The van der Waals surface area contributed by atoms with E-state index in [0.717, 1.165) is 16.9 Å². The first-order chi connectivity index (χ1) is 11.3. The number of nitrogens with zero attached hydrogens (tertiary/aromatic N) is 2. The van der Waals surface area contributed by atoms with Gasteiger partial charge in [0.2, 0.25) is 0 Å². The number of hydrogen-bond donors (Lipinski definition) is 1. The summed E-state index contributed by atoms with van der Waals surface area (Å²) in [5.74, 6) is 0.667. The Kier molecular flexibility index (Phi) is 3.88. The van der Waals surface area contributed by atoms with Crippen molar-refractivity contribution >= 4 is 32.5 Å². The van der Waals surface area contributed by atoms with Crippen LogP contribution >= 0.6 is 0 Å². The number of imidazole rings is 1. The summed E-state index contributed by atoms with van der Waals surface area (Å²) >= 11 is 0. The summed E-state index contributed by atoms with van der Waals surface area (Å²) in [6, 6.07) is 11.2. The number of aromatic nitrogens is 2. The van der Waals surface area contributed by atoms with E-state index >= 15 is 0 Å². The standard InChI is InChI=1S/C17H17N3O3S/c1-11(21)13-4-7-15(8-5-13)24(22,23)20(3)14-6-9-16-17(10-14)19-12(2)18-16/h4-10H,1-3H3,(H,18,19). The molecule has 24 heavy (non-hydrogen) atoms. The van der Waals surface area contributed by atoms with Crippen molar-refractivity contribution in [3.63, 3.8) is 0 Å². The molecule has 0 fully saturated rings. The maximum Gasteiger partial charge on any atom is 0.264 e. The molecule has 0 bridgehead atoms. The lowest BCUT2D eigenvalue weighted by Crippen LogP contribution is -2.26. The first-order valence-corrected chi connectivity index (χ1v) is 8.79. The molecule has 0 aliphatic heterocycles. The maximum atomic E-state index is 12.8. The van der Waals surface area contributed by atoms with Crippen molar-refractivity contribution in [2.45, 2.75) is 18.7 Å². The second-order valence-corrected chi connectivity index (χ2v) is 7.55. The zero-order chi connectivity index (χ0) is 17.5. The van der Waals surface area contributed by atoms with E-state index < -0.39 is 10.0 Å². The normalized spacial score (nSPS) is 11.6. The number of Topliss-reactive ketones (excluding diaryl/α,β-unsaturated/α-hetero) is 1. The van der Waals surface area contributed by atoms with E-state index in [9.17, 15) is 13.2 Å². The number of anilines is 1. The van der Waals surface area contributed by atoms with Gasteiger partial charge in [0, 0.05) is 12.6 Å². The van der Waals surface area contributed by atoms with Gasteiger partial charge in [0.15, 0.2) is 5.78 Å². The van der Waals surface area contributed by atoms with Gasteiger partial charge in [-0.25, -0.2) is 13.4 Å². The van der Waals surface area contributed by atoms with Gasteiger partial charge < -0.3 is 4.98 Å². The molecular weight excluding hydrogens is 326 g/mol. The third kappa shape index (κ3) is 2.78. The Morgan fingerprint density at radius 2 is 1.79 bits per heavy atom. The molecule has 7 heteroatoms. The molecule has 0 aliphatic rings. The molecule has 0 saturated heterocycles. The number of carbonyl (C=O) groups is 1. The number of benzene rings is 2. The first kappa shape index (κ1) is 16.2. The van der Waals surface area contributed by atoms with Crippen LogP contribution in [0.25, 0.3) is 11.0 Å². The van der Waals surface area contributed by atoms with Crippen LogP contribution in [0.5, 0.6) is 0 Å². The lowest BCUT2D eigenvalue weighted by Gasteiger charge is -2.19. The Morgan fingerprint density at radius 3 is 2.42 bits per heavy atom. The highest BCUT2D eigenvalue weighted by molar-refractivity contribution is 7.92. The van der Waals surface area contributed by atoms with Crippen LogP contribution in [0.3, 0.4) is 0 Å². The van der Waals surface area contributed by atoms with Crippen LogP contribution in [-0.4, -0.2) is 31.2 Å². The minimum absolute atomic E-state index is 0.104. The summed E-state index contributed by atoms with van der Waals surface area (Å²) in [7, 11) is -2.21. The van der Waals surface area contributed by atoms with Gasteiger partial charge >= 0.3 is 0 Å². The van der Waals surface area contributed by atoms with Crippen LogP contribution in [0.15, 0.2) is 47.4 Å². The molecule has 6 nitrogen and oxygen atoms in total. The molecule has 1 heterocycles. The summed E-state index contributed by atoms with van der Waals surface area (Å²) < 4.78 is 26.8. The number of sulfonamides is 1. The van der Waals surface area contributed by atoms with Crippen LogP contribution in [0, 0.1) is 6.92 Å². The molecule has 1 aromatic heterocycles. The second-order valence-electron chi connectivity index (χ2n) is 5.58. The van der Waals surface area contributed by atoms with Gasteiger partial charge in [-0.3, -0.25) is 9.10 Å². The Balaban J connectivity index is 1.99. The summed E-state index contributed by atoms with van der Waals surface area (Å²) in [5, 5.41) is 0. The average Bonchev–Trinajstić information content (AvgIpc) is 2.93. The highest BCUT2D eigenvalue weighted by Crippen LogP contribution is 2.25. The van der Waals surface area contributed by atoms with Gasteiger partial charge in [0.05, 0.1) is 21.6 Å². The lowest BCUT2D eigenvalue weighted by molar-refractivity contribution is 0.101. The Bertz CT molecular complexity index is 1020. The molecular formula is C17H17N3O3S. The monoisotopic (exact) mass is 343 g/mol. The topological polar surface area (TPSA) is 83.1 Å². The van der Waals surface area contributed by atoms with Gasteiger partial charge in [-0.15, -0.1) is 0 Å². The number of fused-ring (bicyclic) bond motifs is 1. The molecule has 124 valence electrons. The van der Waals surface area contributed by atoms with Crippen LogP contribution in [-0.2, 0) is 10.0 Å². The zero-order valence-corrected chi connectivity index (χ0v) is 14.4. The van der Waals surface area contributed by atoms with Crippen LogP contribution in [0.2, 0.25) is 0 Å². The molecule has 0 unspecified atom stereocenters. The van der Waals surface area contributed by atoms with E-state index in [0.29, 0.717) is 11.3 Å². The van der Waals surface area contributed by atoms with E-state index in [1.54, 1.807) is 18.2 Å². The number of hydrogen-bond acceptors (Lipinski definition) is 4. The number of rotatable bonds is 4. The highest BCUT2D eigenvalue weighted by Gasteiger charge is 2.22. The van der Waals surface area contributed by atoms with Crippen molar-refractivity contribution in [3.05, 3.63) is 53.9 Å². The molecule has 0 spiro atoms. The quantitative estimate of drug-likeness (QED) is 0.738. The van der Waals surface area contributed by atoms with Gasteiger partial charge in [-0.1, -0.05) is 12.1 Å². The molecule has 3 rings (SSSR count). The fourth-order valence-corrected chi connectivity index (χ4v) is 3.67. The third-order valence-corrected chi connectivity index (χ3v) is 5.67. The molecule has 0 radical (unpaired) electrons. The molecule has 0 amide bonds. The largest absolute Gasteiger partial charge is 0.342 e. The average molecular weight is 343 g/mol. The predicted molar refractivity (Wildman–Crippen MR) is 92.9 cm³/mol. The lowest BCUT2D eigenvalue weighted by atomic mass is 10.2. The van der Waals surface area contributed by atoms with Crippen molar-refractivity contribution in [2.75, 3.05) is 11.4 Å². The second kappa shape index (κ2) is 5.76. The minimum atomic E-state index is -3.71. The molecule has 3 aromatic rings. The third-order valence-electron chi connectivity index (χ3n) is 3.87. The van der Waals surface area contributed by atoms with E-state index in [1.807, 2.05) is 6.92 Å². The summed E-state index contributed by atoms with van der Waals surface area (Å²) in [4.78, 5) is 18.9. The molecule has 2 aromatic carbocycles. The smallest absolute Gasteiger partial charge is 0.264 e. The van der Waals surface area contributed by atoms with Crippen molar-refractivity contribution in [2.24, 2.45) is 0 Å². The summed E-state index contributed by atoms with van der Waals surface area (Å²) in [5.41, 5.74) is 2.57. The van der Waals surface area contributed by atoms with Crippen molar-refractivity contribution in [1.82, 2.24) is 9.97 Å². The van der Waals surface area contributed by atoms with E-state index in [1.165, 1.54) is 42.5 Å². The van der Waals surface area contributed by atoms with Crippen LogP contribution in [0.4, 0.5) is 5.69 Å². The Morgan fingerprint density at radius 1 is 1.12 bits per heavy atom. The number of H-pyrrole nitrogens is 1. The predicted octanol–water partition coefficient (Wildman–Crippen LogP) is 2.90. The van der Waals surface area contributed by atoms with Gasteiger partial charge in [0.25, 0.3) is 10.0 Å². The number of ketones is 1. The molecule has 0 atom stereocenters. The summed E-state index contributed by atoms with van der Waals surface area (Å²) in [6.45, 7) is 3.29. The number of nitrogens with one attached hydrogen (secondary N) is 1. The van der Waals surface area contributed by atoms with Crippen molar-refractivity contribution in [1.29, 1.82) is 0 Å². The Hall–Kier alpha value is -2.67. The van der Waals surface area contributed by atoms with Crippen LogP contribution < -0.4 is 4.31 Å². The van der Waals surface area contributed by atoms with E-state index in [2.05, 4.69) is 9.97 Å². The van der Waals surface area contributed by atoms with E-state index in [-0.39, 0.29) is 10.7 Å². The Labute approximate surface area is 140 Å². The SMILES string of the molecule is CC(=O)c1ccc(S(=O)(=O)N(C)c2ccc3nc(C)[nH]c3c2)cc1. The fourth-order valence-electron chi connectivity index (χ4n) is 2.48. The first-order valence-electron chi connectivity index (χ1n) is 7.35. The fraction of sp³-hybridized carbons (Fsp3) is 0.176. The molecule has 1 N–H and O–H groups in total. The zero-order valence-electron chi connectivity index (χ0n) is 13.6. The summed E-state index contributed by atoms with van der Waals surface area (Å²) in [6.07, 6.45) is 0. The van der Waals surface area contributed by atoms with Crippen molar-refractivity contribution in [3.8, 4) is 0 Å². The number of aromatic amines is 1. The van der Waals surface area contributed by atoms with Gasteiger partial charge in [0.1, 0.15) is 5.82 Å². The van der Waals surface area contributed by atoms with Gasteiger partial charge in [-0.2, -0.15) is 0 Å². The maximum absolute atomic E-state index is 12.8. The van der Waals surface area contributed by atoms with Crippen molar-refractivity contribution < 1.29 is 13.2 Å². The van der Waals surface area contributed by atoms with E-state index in [4.69, 9.17) is 0 Å². The minimum Gasteiger partial charge on any atom is -0.342 e. The molecule has 0 saturated carbocycles. The number of carbonyl (C=O) groups excluding carboxylic acids is 1. The highest BCUT2D eigenvalue weighted by atomic mass is 32.2. The number of aryl methyl sites for hydroxylation is 1. The molecule has 0 aliphatic carbocycles.